The molecular formula is C73H137NO5. The third kappa shape index (κ3) is 64.8. The first-order valence-electron chi connectivity index (χ1n) is 35.4. The molecule has 0 aliphatic heterocycles. The molecule has 0 aliphatic rings. The minimum atomic E-state index is -0.847. The summed E-state index contributed by atoms with van der Waals surface area (Å²) in [6.07, 6.45) is 89.0. The number of rotatable bonds is 66. The first-order chi connectivity index (χ1) is 39.0. The van der Waals surface area contributed by atoms with Gasteiger partial charge in [0.2, 0.25) is 5.91 Å². The fourth-order valence-corrected chi connectivity index (χ4v) is 10.9. The normalized spacial score (nSPS) is 12.8. The zero-order valence-corrected chi connectivity index (χ0v) is 53.1. The minimum absolute atomic E-state index is 0.00161. The maximum absolute atomic E-state index is 12.5. The third-order valence-corrected chi connectivity index (χ3v) is 16.3. The Labute approximate surface area is 493 Å². The van der Waals surface area contributed by atoms with Gasteiger partial charge >= 0.3 is 5.97 Å². The zero-order chi connectivity index (χ0) is 57.1. The Bertz CT molecular complexity index is 1320. The van der Waals surface area contributed by atoms with Gasteiger partial charge in [-0.15, -0.1) is 0 Å². The summed E-state index contributed by atoms with van der Waals surface area (Å²) in [7, 11) is 0. The SMILES string of the molecule is CCCCC/C=C\CCCCCCCC(=O)OCCCCCCCCCCC/C=C\C/C=C\CCCCCCCCCCCCCCCC(=O)NC(CO)C(O)/C=C/CCCCCCCCCCCCCCCCCCCCC. The molecule has 3 N–H and O–H groups in total. The molecule has 6 heteroatoms. The number of nitrogens with one attached hydrogen (secondary N) is 1. The molecular weight excluding hydrogens is 971 g/mol. The highest BCUT2D eigenvalue weighted by atomic mass is 16.5. The smallest absolute Gasteiger partial charge is 0.305 e. The van der Waals surface area contributed by atoms with Crippen molar-refractivity contribution in [2.45, 2.75) is 392 Å². The van der Waals surface area contributed by atoms with E-state index in [-0.39, 0.29) is 18.5 Å². The van der Waals surface area contributed by atoms with Gasteiger partial charge in [-0.05, 0) is 89.9 Å². The van der Waals surface area contributed by atoms with Gasteiger partial charge in [0, 0.05) is 12.8 Å². The minimum Gasteiger partial charge on any atom is -0.466 e. The van der Waals surface area contributed by atoms with Crippen LogP contribution in [0.3, 0.4) is 0 Å². The molecule has 464 valence electrons. The monoisotopic (exact) mass is 1110 g/mol. The van der Waals surface area contributed by atoms with E-state index in [1.165, 1.54) is 302 Å². The van der Waals surface area contributed by atoms with Gasteiger partial charge in [-0.1, -0.05) is 326 Å². The topological polar surface area (TPSA) is 95.9 Å². The summed E-state index contributed by atoms with van der Waals surface area (Å²) >= 11 is 0. The molecule has 0 aromatic carbocycles. The van der Waals surface area contributed by atoms with Crippen LogP contribution in [0, 0.1) is 0 Å². The fraction of sp³-hybridized carbons (Fsp3) is 0.863. The number of hydrogen-bond donors (Lipinski definition) is 3. The van der Waals surface area contributed by atoms with Crippen molar-refractivity contribution in [2.24, 2.45) is 0 Å². The molecule has 1 amide bonds. The van der Waals surface area contributed by atoms with Gasteiger partial charge in [0.15, 0.2) is 0 Å². The number of amides is 1. The van der Waals surface area contributed by atoms with Crippen molar-refractivity contribution in [3.63, 3.8) is 0 Å². The van der Waals surface area contributed by atoms with Gasteiger partial charge in [0.25, 0.3) is 0 Å². The van der Waals surface area contributed by atoms with Gasteiger partial charge in [0.05, 0.1) is 25.4 Å². The summed E-state index contributed by atoms with van der Waals surface area (Å²) in [4.78, 5) is 24.5. The first kappa shape index (κ1) is 76.8. The highest BCUT2D eigenvalue weighted by Crippen LogP contribution is 2.18. The van der Waals surface area contributed by atoms with Crippen molar-refractivity contribution in [1.29, 1.82) is 0 Å². The largest absolute Gasteiger partial charge is 0.466 e. The van der Waals surface area contributed by atoms with E-state index in [0.29, 0.717) is 19.4 Å². The molecule has 6 nitrogen and oxygen atoms in total. The molecule has 0 radical (unpaired) electrons. The van der Waals surface area contributed by atoms with E-state index in [1.54, 1.807) is 6.08 Å². The maximum Gasteiger partial charge on any atom is 0.305 e. The molecule has 2 atom stereocenters. The van der Waals surface area contributed by atoms with E-state index < -0.39 is 12.1 Å². The van der Waals surface area contributed by atoms with E-state index in [4.69, 9.17) is 4.74 Å². The second-order valence-corrected chi connectivity index (χ2v) is 24.2. The van der Waals surface area contributed by atoms with Crippen LogP contribution >= 0.6 is 0 Å². The number of hydrogen-bond acceptors (Lipinski definition) is 5. The van der Waals surface area contributed by atoms with Gasteiger partial charge in [-0.25, -0.2) is 0 Å². The summed E-state index contributed by atoms with van der Waals surface area (Å²) in [5.74, 6) is -0.0642. The number of aliphatic hydroxyl groups excluding tert-OH is 2. The number of aliphatic hydroxyl groups is 2. The Morgan fingerprint density at radius 1 is 0.354 bits per heavy atom. The number of unbranched alkanes of at least 4 members (excludes halogenated alkanes) is 49. The van der Waals surface area contributed by atoms with Crippen LogP contribution < -0.4 is 5.32 Å². The Morgan fingerprint density at radius 2 is 0.633 bits per heavy atom. The van der Waals surface area contributed by atoms with E-state index in [1.807, 2.05) is 6.08 Å². The van der Waals surface area contributed by atoms with E-state index >= 15 is 0 Å². The highest BCUT2D eigenvalue weighted by molar-refractivity contribution is 5.76. The summed E-state index contributed by atoms with van der Waals surface area (Å²) in [5, 5.41) is 23.2. The summed E-state index contributed by atoms with van der Waals surface area (Å²) < 4.78 is 5.47. The molecule has 79 heavy (non-hydrogen) atoms. The van der Waals surface area contributed by atoms with Crippen molar-refractivity contribution in [1.82, 2.24) is 5.32 Å². The molecule has 0 aromatic heterocycles. The number of carbonyl (C=O) groups is 2. The van der Waals surface area contributed by atoms with E-state index in [0.717, 1.165) is 51.4 Å². The Kier molecular flexibility index (Phi) is 66.4. The van der Waals surface area contributed by atoms with Gasteiger partial charge in [0.1, 0.15) is 0 Å². The molecule has 2 unspecified atom stereocenters. The van der Waals surface area contributed by atoms with Crippen molar-refractivity contribution in [3.05, 3.63) is 48.6 Å². The standard InChI is InChI=1S/C73H137NO5/c1-3-5-7-9-11-13-15-17-18-19-20-30-33-36-39-42-45-49-53-57-61-65-71(76)70(69-75)74-72(77)66-62-58-54-50-46-43-40-37-34-31-28-26-24-22-21-23-25-27-29-32-35-38-41-44-48-52-56-60-64-68-79-73(78)67-63-59-55-51-47-16-14-12-10-8-6-4-2/h12,14,21,23,27,29,61,65,70-71,75-76H,3-11,13,15-20,22,24-26,28,30-60,62-64,66-69H2,1-2H3,(H,74,77)/b14-12-,23-21-,29-27-,65-61+. The first-order valence-corrected chi connectivity index (χ1v) is 35.4. The summed E-state index contributed by atoms with van der Waals surface area (Å²) in [6, 6.07) is -0.630. The number of ether oxygens (including phenoxy) is 1. The van der Waals surface area contributed by atoms with E-state index in [2.05, 4.69) is 55.6 Å². The molecule has 0 saturated carbocycles. The Morgan fingerprint density at radius 3 is 1.00 bits per heavy atom. The fourth-order valence-electron chi connectivity index (χ4n) is 10.9. The van der Waals surface area contributed by atoms with E-state index in [9.17, 15) is 19.8 Å². The number of allylic oxidation sites excluding steroid dienone is 7. The van der Waals surface area contributed by atoms with Crippen molar-refractivity contribution < 1.29 is 24.5 Å². The molecule has 0 heterocycles. The van der Waals surface area contributed by atoms with Crippen LogP contribution in [0.1, 0.15) is 380 Å². The Hall–Kier alpha value is -2.18. The lowest BCUT2D eigenvalue weighted by Gasteiger charge is -2.20. The highest BCUT2D eigenvalue weighted by Gasteiger charge is 2.18. The molecule has 0 spiro atoms. The molecule has 0 aliphatic carbocycles. The molecule has 0 rings (SSSR count). The van der Waals surface area contributed by atoms with Crippen LogP contribution in [0.2, 0.25) is 0 Å². The predicted octanol–water partition coefficient (Wildman–Crippen LogP) is 22.9. The van der Waals surface area contributed by atoms with Crippen molar-refractivity contribution in [2.75, 3.05) is 13.2 Å². The van der Waals surface area contributed by atoms with Gasteiger partial charge in [-0.2, -0.15) is 0 Å². The lowest BCUT2D eigenvalue weighted by Crippen LogP contribution is -2.45. The maximum atomic E-state index is 12.5. The third-order valence-electron chi connectivity index (χ3n) is 16.3. The lowest BCUT2D eigenvalue weighted by atomic mass is 10.0. The average molecular weight is 1110 g/mol. The second-order valence-electron chi connectivity index (χ2n) is 24.2. The number of carbonyl (C=O) groups excluding carboxylic acids is 2. The second kappa shape index (κ2) is 68.3. The van der Waals surface area contributed by atoms with Crippen LogP contribution in [0.15, 0.2) is 48.6 Å². The number of esters is 1. The van der Waals surface area contributed by atoms with Crippen molar-refractivity contribution in [3.8, 4) is 0 Å². The van der Waals surface area contributed by atoms with Crippen LogP contribution in [-0.2, 0) is 14.3 Å². The molecule has 0 fully saturated rings. The summed E-state index contributed by atoms with van der Waals surface area (Å²) in [5.41, 5.74) is 0. The van der Waals surface area contributed by atoms with Gasteiger partial charge < -0.3 is 20.3 Å². The Balaban J connectivity index is 3.44. The van der Waals surface area contributed by atoms with Crippen LogP contribution in [0.4, 0.5) is 0 Å². The van der Waals surface area contributed by atoms with Crippen LogP contribution in [0.25, 0.3) is 0 Å². The predicted molar refractivity (Wildman–Crippen MR) is 347 cm³/mol. The molecule has 0 bridgehead atoms. The molecule has 0 aromatic rings. The van der Waals surface area contributed by atoms with Gasteiger partial charge in [-0.3, -0.25) is 9.59 Å². The zero-order valence-electron chi connectivity index (χ0n) is 53.1. The lowest BCUT2D eigenvalue weighted by molar-refractivity contribution is -0.143. The van der Waals surface area contributed by atoms with Crippen molar-refractivity contribution >= 4 is 11.9 Å². The quantitative estimate of drug-likeness (QED) is 0.0320. The average Bonchev–Trinajstić information content (AvgIpc) is 3.45. The van der Waals surface area contributed by atoms with Crippen LogP contribution in [-0.4, -0.2) is 47.4 Å². The molecule has 0 saturated heterocycles. The van der Waals surface area contributed by atoms with Crippen LogP contribution in [0.5, 0.6) is 0 Å². The summed E-state index contributed by atoms with van der Waals surface area (Å²) in [6.45, 7) is 4.90.